The predicted octanol–water partition coefficient (Wildman–Crippen LogP) is 3.21. The third-order valence-electron chi connectivity index (χ3n) is 5.07. The van der Waals surface area contributed by atoms with Gasteiger partial charge in [-0.25, -0.2) is 9.40 Å². The lowest BCUT2D eigenvalue weighted by Gasteiger charge is -2.35. The zero-order valence-corrected chi connectivity index (χ0v) is 16.0. The average molecular weight is 385 g/mol. The van der Waals surface area contributed by atoms with Gasteiger partial charge in [-0.15, -0.1) is 0 Å². The summed E-state index contributed by atoms with van der Waals surface area (Å²) in [5.41, 5.74) is 1.56. The van der Waals surface area contributed by atoms with E-state index in [0.717, 1.165) is 11.3 Å². The number of furan rings is 1. The van der Waals surface area contributed by atoms with Crippen LogP contribution in [0.25, 0.3) is 0 Å². The van der Waals surface area contributed by atoms with Gasteiger partial charge in [-0.1, -0.05) is 12.1 Å². The molecule has 0 aliphatic carbocycles. The van der Waals surface area contributed by atoms with Crippen LogP contribution in [0.3, 0.4) is 0 Å². The zero-order chi connectivity index (χ0) is 19.7. The van der Waals surface area contributed by atoms with Gasteiger partial charge in [-0.05, 0) is 43.7 Å². The zero-order valence-electron chi connectivity index (χ0n) is 16.0. The van der Waals surface area contributed by atoms with Crippen molar-refractivity contribution in [2.75, 3.05) is 19.6 Å². The monoisotopic (exact) mass is 385 g/mol. The van der Waals surface area contributed by atoms with Crippen molar-refractivity contribution in [3.63, 3.8) is 0 Å². The smallest absolute Gasteiger partial charge is 0.257 e. The van der Waals surface area contributed by atoms with Crippen LogP contribution in [0.4, 0.5) is 4.39 Å². The first-order chi connectivity index (χ1) is 13.5. The minimum atomic E-state index is -0.298. The molecule has 1 saturated heterocycles. The second-order valence-electron chi connectivity index (χ2n) is 7.48. The number of hydrogen-bond donors (Lipinski definition) is 0. The fourth-order valence-corrected chi connectivity index (χ4v) is 3.94. The molecule has 2 aromatic rings. The molecule has 7 heteroatoms. The number of benzene rings is 1. The molecule has 2 aliphatic rings. The highest BCUT2D eigenvalue weighted by molar-refractivity contribution is 6.03. The Morgan fingerprint density at radius 1 is 1.18 bits per heavy atom. The topological polar surface area (TPSA) is 58.3 Å². The van der Waals surface area contributed by atoms with Crippen LogP contribution < -0.4 is 0 Å². The number of amides is 1. The molecule has 0 N–H and O–H groups in total. The first-order valence-corrected chi connectivity index (χ1v) is 9.56. The Bertz CT molecular complexity index is 840. The van der Waals surface area contributed by atoms with Gasteiger partial charge >= 0.3 is 0 Å². The van der Waals surface area contributed by atoms with Crippen molar-refractivity contribution >= 4 is 11.6 Å². The second-order valence-corrected chi connectivity index (χ2v) is 7.48. The van der Waals surface area contributed by atoms with Crippen LogP contribution in [0.5, 0.6) is 0 Å². The van der Waals surface area contributed by atoms with Crippen LogP contribution in [0.15, 0.2) is 52.2 Å². The number of ether oxygens (including phenoxy) is 1. The molecular weight excluding hydrogens is 361 g/mol. The fraction of sp³-hybridized carbons (Fsp3) is 0.429. The van der Waals surface area contributed by atoms with E-state index in [1.165, 1.54) is 17.1 Å². The molecule has 148 valence electrons. The van der Waals surface area contributed by atoms with Gasteiger partial charge in [-0.2, -0.15) is 5.10 Å². The van der Waals surface area contributed by atoms with Crippen LogP contribution >= 0.6 is 0 Å². The van der Waals surface area contributed by atoms with Gasteiger partial charge in [0.1, 0.15) is 17.6 Å². The van der Waals surface area contributed by atoms with Crippen molar-refractivity contribution in [2.24, 2.45) is 5.10 Å². The first kappa shape index (κ1) is 18.8. The van der Waals surface area contributed by atoms with Crippen molar-refractivity contribution in [2.45, 2.75) is 38.5 Å². The lowest BCUT2D eigenvalue weighted by molar-refractivity contribution is -0.138. The van der Waals surface area contributed by atoms with Crippen LogP contribution in [-0.2, 0) is 9.53 Å². The highest BCUT2D eigenvalue weighted by atomic mass is 19.1. The summed E-state index contributed by atoms with van der Waals surface area (Å²) in [5.74, 6) is 0.311. The third-order valence-corrected chi connectivity index (χ3v) is 5.07. The van der Waals surface area contributed by atoms with Gasteiger partial charge in [0.15, 0.2) is 0 Å². The normalized spacial score (nSPS) is 25.8. The van der Waals surface area contributed by atoms with Gasteiger partial charge in [0.05, 0.1) is 30.7 Å². The summed E-state index contributed by atoms with van der Waals surface area (Å²) in [6, 6.07) is 9.55. The van der Waals surface area contributed by atoms with Crippen LogP contribution in [0.2, 0.25) is 0 Å². The van der Waals surface area contributed by atoms with Crippen LogP contribution in [0.1, 0.15) is 37.6 Å². The molecule has 0 saturated carbocycles. The summed E-state index contributed by atoms with van der Waals surface area (Å²) in [5, 5.41) is 6.11. The van der Waals surface area contributed by atoms with E-state index in [9.17, 15) is 9.18 Å². The summed E-state index contributed by atoms with van der Waals surface area (Å²) in [7, 11) is 0. The Labute approximate surface area is 163 Å². The Balaban J connectivity index is 1.55. The molecule has 2 aliphatic heterocycles. The number of morpholine rings is 1. The maximum atomic E-state index is 13.3. The van der Waals surface area contributed by atoms with E-state index >= 15 is 0 Å². The lowest BCUT2D eigenvalue weighted by Crippen LogP contribution is -2.49. The SMILES string of the molecule is CC1CN(CC(=O)N2N=C(c3ccc(F)cc3)CC2c2ccco2)CC(C)O1. The molecule has 1 fully saturated rings. The minimum Gasteiger partial charge on any atom is -0.467 e. The van der Waals surface area contributed by atoms with E-state index < -0.39 is 0 Å². The maximum Gasteiger partial charge on any atom is 0.257 e. The largest absolute Gasteiger partial charge is 0.467 e. The molecule has 0 bridgehead atoms. The molecule has 1 aromatic heterocycles. The molecule has 3 unspecified atom stereocenters. The van der Waals surface area contributed by atoms with E-state index in [0.29, 0.717) is 25.3 Å². The standard InChI is InChI=1S/C21H24FN3O3/c1-14-11-24(12-15(2)28-14)13-21(26)25-19(20-4-3-9-27-20)10-18(23-25)16-5-7-17(22)8-6-16/h3-9,14-15,19H,10-13H2,1-2H3. The lowest BCUT2D eigenvalue weighted by atomic mass is 10.0. The van der Waals surface area contributed by atoms with Gasteiger partial charge < -0.3 is 9.15 Å². The van der Waals surface area contributed by atoms with E-state index in [2.05, 4.69) is 10.0 Å². The Morgan fingerprint density at radius 2 is 1.89 bits per heavy atom. The first-order valence-electron chi connectivity index (χ1n) is 9.56. The van der Waals surface area contributed by atoms with Gasteiger partial charge in [0.25, 0.3) is 5.91 Å². The van der Waals surface area contributed by atoms with Crippen molar-refractivity contribution in [1.82, 2.24) is 9.91 Å². The minimum absolute atomic E-state index is 0.0835. The average Bonchev–Trinajstić information content (AvgIpc) is 3.31. The van der Waals surface area contributed by atoms with Gasteiger partial charge in [0, 0.05) is 19.5 Å². The van der Waals surface area contributed by atoms with Crippen LogP contribution in [0, 0.1) is 5.82 Å². The van der Waals surface area contributed by atoms with E-state index in [1.807, 2.05) is 19.9 Å². The summed E-state index contributed by atoms with van der Waals surface area (Å²) in [6.07, 6.45) is 2.31. The van der Waals surface area contributed by atoms with Gasteiger partial charge in [0.2, 0.25) is 0 Å². The highest BCUT2D eigenvalue weighted by Gasteiger charge is 2.36. The van der Waals surface area contributed by atoms with Crippen LogP contribution in [-0.4, -0.2) is 53.4 Å². The molecular formula is C21H24FN3O3. The predicted molar refractivity (Wildman–Crippen MR) is 102 cm³/mol. The summed E-state index contributed by atoms with van der Waals surface area (Å²) in [6.45, 7) is 5.72. The molecule has 4 rings (SSSR count). The molecule has 28 heavy (non-hydrogen) atoms. The summed E-state index contributed by atoms with van der Waals surface area (Å²) >= 11 is 0. The second kappa shape index (κ2) is 7.85. The van der Waals surface area contributed by atoms with Gasteiger partial charge in [-0.3, -0.25) is 9.69 Å². The molecule has 1 amide bonds. The maximum absolute atomic E-state index is 13.3. The molecule has 0 radical (unpaired) electrons. The number of hydrazone groups is 1. The number of nitrogens with zero attached hydrogens (tertiary/aromatic N) is 3. The number of carbonyl (C=O) groups excluding carboxylic acids is 1. The van der Waals surface area contributed by atoms with Crippen molar-refractivity contribution in [3.8, 4) is 0 Å². The fourth-order valence-electron chi connectivity index (χ4n) is 3.94. The van der Waals surface area contributed by atoms with E-state index in [1.54, 1.807) is 24.5 Å². The number of halogens is 1. The summed E-state index contributed by atoms with van der Waals surface area (Å²) < 4.78 is 24.6. The Morgan fingerprint density at radius 3 is 2.54 bits per heavy atom. The highest BCUT2D eigenvalue weighted by Crippen LogP contribution is 2.33. The van der Waals surface area contributed by atoms with Crippen molar-refractivity contribution in [3.05, 3.63) is 59.8 Å². The van der Waals surface area contributed by atoms with Crippen molar-refractivity contribution < 1.29 is 18.3 Å². The Kier molecular flexibility index (Phi) is 5.28. The molecule has 0 spiro atoms. The summed E-state index contributed by atoms with van der Waals surface area (Å²) in [4.78, 5) is 15.2. The number of hydrogen-bond acceptors (Lipinski definition) is 5. The third kappa shape index (κ3) is 4.00. The van der Waals surface area contributed by atoms with E-state index in [4.69, 9.17) is 9.15 Å². The molecule has 1 aromatic carbocycles. The quantitative estimate of drug-likeness (QED) is 0.811. The number of rotatable bonds is 4. The molecule has 6 nitrogen and oxygen atoms in total. The molecule has 3 atom stereocenters. The molecule has 3 heterocycles. The number of carbonyl (C=O) groups is 1. The Hall–Kier alpha value is -2.51. The van der Waals surface area contributed by atoms with Crippen molar-refractivity contribution in [1.29, 1.82) is 0 Å². The van der Waals surface area contributed by atoms with E-state index in [-0.39, 0.29) is 36.5 Å².